The Kier molecular flexibility index (Phi) is 7.97. The van der Waals surface area contributed by atoms with Gasteiger partial charge in [-0.2, -0.15) is 0 Å². The molecule has 1 aromatic heterocycles. The standard InChI is InChI=1S/C16H24N2O6/c1-5-23-15(20)13-10(2)14(18-11(13)3)16(21)24-9-12(19)17-7-6-8-22-4/h18H,5-9H2,1-4H3,(H,17,19). The molecule has 1 aromatic rings. The van der Waals surface area contributed by atoms with Crippen molar-refractivity contribution in [2.45, 2.75) is 27.2 Å². The number of carbonyl (C=O) groups excluding carboxylic acids is 3. The summed E-state index contributed by atoms with van der Waals surface area (Å²) in [6, 6.07) is 0. The Morgan fingerprint density at radius 3 is 2.46 bits per heavy atom. The number of methoxy groups -OCH3 is 1. The van der Waals surface area contributed by atoms with Crippen LogP contribution in [0.2, 0.25) is 0 Å². The van der Waals surface area contributed by atoms with Crippen LogP contribution in [0.15, 0.2) is 0 Å². The predicted molar refractivity (Wildman–Crippen MR) is 86.0 cm³/mol. The zero-order chi connectivity index (χ0) is 18.1. The zero-order valence-corrected chi connectivity index (χ0v) is 14.5. The molecule has 0 spiro atoms. The van der Waals surface area contributed by atoms with Gasteiger partial charge in [0.05, 0.1) is 12.2 Å². The van der Waals surface area contributed by atoms with Gasteiger partial charge >= 0.3 is 11.9 Å². The molecule has 1 rings (SSSR count). The summed E-state index contributed by atoms with van der Waals surface area (Å²) < 4.78 is 14.8. The lowest BCUT2D eigenvalue weighted by atomic mass is 10.1. The quantitative estimate of drug-likeness (QED) is 0.515. The second-order valence-electron chi connectivity index (χ2n) is 5.12. The number of ether oxygens (including phenoxy) is 3. The number of esters is 2. The molecule has 0 saturated heterocycles. The molecule has 0 bridgehead atoms. The fourth-order valence-electron chi connectivity index (χ4n) is 2.16. The Labute approximate surface area is 140 Å². The molecule has 0 saturated carbocycles. The number of nitrogens with one attached hydrogen (secondary N) is 2. The zero-order valence-electron chi connectivity index (χ0n) is 14.5. The highest BCUT2D eigenvalue weighted by Gasteiger charge is 2.24. The van der Waals surface area contributed by atoms with Crippen LogP contribution in [0.5, 0.6) is 0 Å². The summed E-state index contributed by atoms with van der Waals surface area (Å²) in [7, 11) is 1.58. The van der Waals surface area contributed by atoms with Crippen LogP contribution in [-0.2, 0) is 19.0 Å². The fourth-order valence-corrected chi connectivity index (χ4v) is 2.16. The van der Waals surface area contributed by atoms with Gasteiger partial charge in [-0.05, 0) is 32.8 Å². The molecular weight excluding hydrogens is 316 g/mol. The Bertz CT molecular complexity index is 594. The molecule has 0 radical (unpaired) electrons. The average Bonchev–Trinajstić information content (AvgIpc) is 2.84. The third-order valence-electron chi connectivity index (χ3n) is 3.30. The van der Waals surface area contributed by atoms with Gasteiger partial charge in [0.2, 0.25) is 0 Å². The molecule has 0 aliphatic rings. The van der Waals surface area contributed by atoms with Crippen LogP contribution in [0.4, 0.5) is 0 Å². The Hall–Kier alpha value is -2.35. The van der Waals surface area contributed by atoms with Gasteiger partial charge in [-0.3, -0.25) is 4.79 Å². The highest BCUT2D eigenvalue weighted by molar-refractivity contribution is 5.99. The van der Waals surface area contributed by atoms with Gasteiger partial charge in [0, 0.05) is 26.0 Å². The lowest BCUT2D eigenvalue weighted by Gasteiger charge is -2.06. The minimum absolute atomic E-state index is 0.141. The second-order valence-corrected chi connectivity index (χ2v) is 5.12. The van der Waals surface area contributed by atoms with Gasteiger partial charge in [-0.25, -0.2) is 9.59 Å². The van der Waals surface area contributed by atoms with Gasteiger partial charge in [0.1, 0.15) is 5.69 Å². The third-order valence-corrected chi connectivity index (χ3v) is 3.30. The van der Waals surface area contributed by atoms with Gasteiger partial charge in [-0.1, -0.05) is 0 Å². The number of hydrogen-bond donors (Lipinski definition) is 2. The number of aromatic amines is 1. The van der Waals surface area contributed by atoms with Crippen molar-refractivity contribution in [2.75, 3.05) is 33.5 Å². The molecule has 134 valence electrons. The van der Waals surface area contributed by atoms with E-state index in [4.69, 9.17) is 14.2 Å². The first-order chi connectivity index (χ1) is 11.4. The molecule has 1 heterocycles. The molecule has 0 atom stereocenters. The van der Waals surface area contributed by atoms with Crippen molar-refractivity contribution in [1.82, 2.24) is 10.3 Å². The normalized spacial score (nSPS) is 10.3. The van der Waals surface area contributed by atoms with E-state index in [9.17, 15) is 14.4 Å². The van der Waals surface area contributed by atoms with Crippen molar-refractivity contribution in [3.63, 3.8) is 0 Å². The second kappa shape index (κ2) is 9.71. The molecule has 8 nitrogen and oxygen atoms in total. The number of carbonyl (C=O) groups is 3. The summed E-state index contributed by atoms with van der Waals surface area (Å²) >= 11 is 0. The maximum atomic E-state index is 12.1. The fraction of sp³-hybridized carbons (Fsp3) is 0.562. The number of hydrogen-bond acceptors (Lipinski definition) is 6. The maximum Gasteiger partial charge on any atom is 0.355 e. The van der Waals surface area contributed by atoms with E-state index in [1.807, 2.05) is 0 Å². The summed E-state index contributed by atoms with van der Waals surface area (Å²) in [5, 5.41) is 2.61. The maximum absolute atomic E-state index is 12.1. The molecule has 0 aromatic carbocycles. The van der Waals surface area contributed by atoms with Crippen molar-refractivity contribution in [2.24, 2.45) is 0 Å². The average molecular weight is 340 g/mol. The van der Waals surface area contributed by atoms with E-state index in [2.05, 4.69) is 10.3 Å². The van der Waals surface area contributed by atoms with Crippen LogP contribution in [0.3, 0.4) is 0 Å². The predicted octanol–water partition coefficient (Wildman–Crippen LogP) is 1.12. The van der Waals surface area contributed by atoms with Crippen molar-refractivity contribution >= 4 is 17.8 Å². The summed E-state index contributed by atoms with van der Waals surface area (Å²) in [6.07, 6.45) is 0.675. The SMILES string of the molecule is CCOC(=O)c1c(C)[nH]c(C(=O)OCC(=O)NCCCOC)c1C. The van der Waals surface area contributed by atoms with Crippen LogP contribution < -0.4 is 5.32 Å². The molecule has 0 fully saturated rings. The molecular formula is C16H24N2O6. The van der Waals surface area contributed by atoms with E-state index in [0.717, 1.165) is 0 Å². The topological polar surface area (TPSA) is 107 Å². The summed E-state index contributed by atoms with van der Waals surface area (Å²) in [6.45, 7) is 5.82. The first kappa shape index (κ1) is 19.7. The number of H-pyrrole nitrogens is 1. The minimum Gasteiger partial charge on any atom is -0.462 e. The first-order valence-electron chi connectivity index (χ1n) is 7.71. The minimum atomic E-state index is -0.696. The summed E-state index contributed by atoms with van der Waals surface area (Å²) in [5.41, 5.74) is 1.41. The third kappa shape index (κ3) is 5.38. The van der Waals surface area contributed by atoms with Crippen LogP contribution in [-0.4, -0.2) is 56.3 Å². The highest BCUT2D eigenvalue weighted by atomic mass is 16.5. The Morgan fingerprint density at radius 2 is 1.83 bits per heavy atom. The molecule has 0 aliphatic heterocycles. The van der Waals surface area contributed by atoms with Crippen LogP contribution >= 0.6 is 0 Å². The van der Waals surface area contributed by atoms with E-state index >= 15 is 0 Å². The highest BCUT2D eigenvalue weighted by Crippen LogP contribution is 2.19. The Morgan fingerprint density at radius 1 is 1.12 bits per heavy atom. The molecule has 0 unspecified atom stereocenters. The lowest BCUT2D eigenvalue weighted by Crippen LogP contribution is -2.30. The van der Waals surface area contributed by atoms with E-state index < -0.39 is 24.5 Å². The smallest absolute Gasteiger partial charge is 0.355 e. The van der Waals surface area contributed by atoms with Crippen molar-refractivity contribution in [3.8, 4) is 0 Å². The van der Waals surface area contributed by atoms with Gasteiger partial charge < -0.3 is 24.5 Å². The van der Waals surface area contributed by atoms with Crippen LogP contribution in [0, 0.1) is 13.8 Å². The Balaban J connectivity index is 2.61. The van der Waals surface area contributed by atoms with Crippen LogP contribution in [0.25, 0.3) is 0 Å². The monoisotopic (exact) mass is 340 g/mol. The van der Waals surface area contributed by atoms with Crippen molar-refractivity contribution in [3.05, 3.63) is 22.5 Å². The molecule has 24 heavy (non-hydrogen) atoms. The van der Waals surface area contributed by atoms with E-state index in [1.165, 1.54) is 0 Å². The first-order valence-corrected chi connectivity index (χ1v) is 7.71. The number of rotatable bonds is 9. The molecule has 2 N–H and O–H groups in total. The molecule has 1 amide bonds. The summed E-state index contributed by atoms with van der Waals surface area (Å²) in [5.74, 6) is -1.59. The van der Waals surface area contributed by atoms with E-state index in [1.54, 1.807) is 27.9 Å². The molecule has 8 heteroatoms. The van der Waals surface area contributed by atoms with Gasteiger partial charge in [0.25, 0.3) is 5.91 Å². The van der Waals surface area contributed by atoms with E-state index in [0.29, 0.717) is 36.4 Å². The number of aryl methyl sites for hydroxylation is 1. The van der Waals surface area contributed by atoms with Crippen molar-refractivity contribution < 1.29 is 28.6 Å². The molecule has 0 aliphatic carbocycles. The number of amides is 1. The summed E-state index contributed by atoms with van der Waals surface area (Å²) in [4.78, 5) is 38.4. The largest absolute Gasteiger partial charge is 0.462 e. The number of aromatic nitrogens is 1. The lowest BCUT2D eigenvalue weighted by molar-refractivity contribution is -0.124. The van der Waals surface area contributed by atoms with Gasteiger partial charge in [0.15, 0.2) is 6.61 Å². The van der Waals surface area contributed by atoms with E-state index in [-0.39, 0.29) is 12.3 Å². The van der Waals surface area contributed by atoms with Crippen molar-refractivity contribution in [1.29, 1.82) is 0 Å². The van der Waals surface area contributed by atoms with Crippen LogP contribution in [0.1, 0.15) is 45.4 Å². The van der Waals surface area contributed by atoms with Gasteiger partial charge in [-0.15, -0.1) is 0 Å².